The van der Waals surface area contributed by atoms with Gasteiger partial charge in [-0.15, -0.1) is 12.4 Å². The van der Waals surface area contributed by atoms with Crippen LogP contribution in [0.3, 0.4) is 0 Å². The number of aromatic nitrogens is 4. The summed E-state index contributed by atoms with van der Waals surface area (Å²) < 4.78 is 20.6. The summed E-state index contributed by atoms with van der Waals surface area (Å²) in [6.07, 6.45) is 2.54. The number of rotatable bonds is 3. The minimum absolute atomic E-state index is 0. The summed E-state index contributed by atoms with van der Waals surface area (Å²) in [6, 6.07) is 7.54. The molecule has 1 fully saturated rings. The van der Waals surface area contributed by atoms with Crippen molar-refractivity contribution >= 4 is 12.4 Å². The molecule has 1 aromatic carbocycles. The molecular formula is C17H17ClFN5O2. The van der Waals surface area contributed by atoms with E-state index >= 15 is 0 Å². The number of para-hydroxylation sites is 1. The molecular weight excluding hydrogens is 361 g/mol. The number of nitrogens with zero attached hydrogens (tertiary/aromatic N) is 4. The topological polar surface area (TPSA) is 99.8 Å². The highest BCUT2D eigenvalue weighted by Crippen LogP contribution is 2.37. The van der Waals surface area contributed by atoms with Crippen LogP contribution in [0.4, 0.5) is 4.39 Å². The number of nitrogens with two attached hydrogens (primary N) is 1. The quantitative estimate of drug-likeness (QED) is 0.752. The maximum absolute atomic E-state index is 14.1. The maximum Gasteiger partial charge on any atom is 0.282 e. The number of benzene rings is 1. The second-order valence-electron chi connectivity index (χ2n) is 6.29. The van der Waals surface area contributed by atoms with E-state index in [1.807, 2.05) is 0 Å². The third-order valence-electron chi connectivity index (χ3n) is 4.51. The lowest BCUT2D eigenvalue weighted by atomic mass is 9.77. The van der Waals surface area contributed by atoms with Gasteiger partial charge in [0.05, 0.1) is 5.54 Å². The molecule has 2 aromatic heterocycles. The Kier molecular flexibility index (Phi) is 4.64. The third kappa shape index (κ3) is 2.91. The lowest BCUT2D eigenvalue weighted by molar-refractivity contribution is 0.229. The number of aryl methyl sites for hydroxylation is 1. The Bertz CT molecular complexity index is 1010. The zero-order valence-electron chi connectivity index (χ0n) is 14.0. The van der Waals surface area contributed by atoms with Crippen LogP contribution in [0.2, 0.25) is 0 Å². The normalized spacial score (nSPS) is 15.2. The Labute approximate surface area is 154 Å². The molecule has 26 heavy (non-hydrogen) atoms. The Balaban J connectivity index is 0.00000196. The van der Waals surface area contributed by atoms with Gasteiger partial charge in [0.25, 0.3) is 5.89 Å². The summed E-state index contributed by atoms with van der Waals surface area (Å²) in [4.78, 5) is 16.6. The summed E-state index contributed by atoms with van der Waals surface area (Å²) in [5.74, 6) is -0.0934. The van der Waals surface area contributed by atoms with Gasteiger partial charge in [-0.25, -0.2) is 9.07 Å². The van der Waals surface area contributed by atoms with E-state index < -0.39 is 11.4 Å². The second-order valence-corrected chi connectivity index (χ2v) is 6.29. The van der Waals surface area contributed by atoms with Crippen LogP contribution in [0.1, 0.15) is 30.8 Å². The average molecular weight is 378 g/mol. The van der Waals surface area contributed by atoms with Crippen molar-refractivity contribution in [3.05, 3.63) is 57.9 Å². The predicted octanol–water partition coefficient (Wildman–Crippen LogP) is 2.49. The van der Waals surface area contributed by atoms with Crippen molar-refractivity contribution in [3.63, 3.8) is 0 Å². The summed E-state index contributed by atoms with van der Waals surface area (Å²) >= 11 is 0. The van der Waals surface area contributed by atoms with Gasteiger partial charge in [-0.1, -0.05) is 17.3 Å². The molecule has 0 saturated heterocycles. The molecule has 1 saturated carbocycles. The maximum atomic E-state index is 14.1. The lowest BCUT2D eigenvalue weighted by Gasteiger charge is -2.34. The third-order valence-corrected chi connectivity index (χ3v) is 4.51. The van der Waals surface area contributed by atoms with E-state index in [1.54, 1.807) is 25.1 Å². The molecule has 136 valence electrons. The molecule has 0 amide bonds. The minimum Gasteiger partial charge on any atom is -0.332 e. The minimum atomic E-state index is -0.600. The van der Waals surface area contributed by atoms with E-state index in [0.29, 0.717) is 11.5 Å². The van der Waals surface area contributed by atoms with Crippen molar-refractivity contribution in [1.29, 1.82) is 0 Å². The Morgan fingerprint density at radius 2 is 2.04 bits per heavy atom. The molecule has 1 aliphatic carbocycles. The average Bonchev–Trinajstić information content (AvgIpc) is 3.04. The number of halogens is 2. The van der Waals surface area contributed by atoms with Gasteiger partial charge >= 0.3 is 0 Å². The Morgan fingerprint density at radius 1 is 1.31 bits per heavy atom. The highest BCUT2D eigenvalue weighted by atomic mass is 35.5. The summed E-state index contributed by atoms with van der Waals surface area (Å²) in [5.41, 5.74) is 5.90. The fourth-order valence-corrected chi connectivity index (χ4v) is 2.87. The van der Waals surface area contributed by atoms with Gasteiger partial charge in [0.2, 0.25) is 5.43 Å². The summed E-state index contributed by atoms with van der Waals surface area (Å²) in [5, 5.41) is 8.14. The van der Waals surface area contributed by atoms with Crippen molar-refractivity contribution in [2.24, 2.45) is 5.73 Å². The van der Waals surface area contributed by atoms with Crippen molar-refractivity contribution < 1.29 is 8.91 Å². The van der Waals surface area contributed by atoms with Gasteiger partial charge in [0.15, 0.2) is 11.5 Å². The molecule has 0 bridgehead atoms. The van der Waals surface area contributed by atoms with E-state index in [1.165, 1.54) is 16.8 Å². The molecule has 7 nitrogen and oxygen atoms in total. The van der Waals surface area contributed by atoms with E-state index in [-0.39, 0.29) is 35.1 Å². The van der Waals surface area contributed by atoms with Crippen LogP contribution in [-0.4, -0.2) is 19.9 Å². The van der Waals surface area contributed by atoms with E-state index in [4.69, 9.17) is 10.3 Å². The highest BCUT2D eigenvalue weighted by molar-refractivity contribution is 5.85. The number of hydrogen-bond acceptors (Lipinski definition) is 6. The monoisotopic (exact) mass is 377 g/mol. The molecule has 3 aromatic rings. The van der Waals surface area contributed by atoms with Gasteiger partial charge in [-0.3, -0.25) is 4.79 Å². The molecule has 0 spiro atoms. The first kappa shape index (κ1) is 18.2. The van der Waals surface area contributed by atoms with Crippen molar-refractivity contribution in [2.75, 3.05) is 0 Å². The zero-order chi connectivity index (χ0) is 17.6. The Hall–Kier alpha value is -2.58. The predicted molar refractivity (Wildman–Crippen MR) is 94.8 cm³/mol. The first-order valence-corrected chi connectivity index (χ1v) is 7.97. The van der Waals surface area contributed by atoms with E-state index in [2.05, 4.69) is 15.2 Å². The van der Waals surface area contributed by atoms with Crippen LogP contribution in [0.5, 0.6) is 0 Å². The summed E-state index contributed by atoms with van der Waals surface area (Å²) in [6.45, 7) is 1.67. The highest BCUT2D eigenvalue weighted by Gasteiger charge is 2.39. The van der Waals surface area contributed by atoms with Gasteiger partial charge < -0.3 is 10.3 Å². The molecule has 1 aliphatic rings. The molecule has 0 aliphatic heterocycles. The molecule has 2 N–H and O–H groups in total. The standard InChI is InChI=1S/C17H16FN5O2.ClH/c1-10-9-13(24)14(21-23(10)12-6-3-2-5-11(12)18)15-20-16(22-25-15)17(19)7-4-8-17;/h2-3,5-6,9H,4,7-8,19H2,1H3;1H. The molecule has 0 atom stereocenters. The van der Waals surface area contributed by atoms with Crippen molar-refractivity contribution in [2.45, 2.75) is 31.7 Å². The van der Waals surface area contributed by atoms with Crippen LogP contribution in [-0.2, 0) is 5.54 Å². The van der Waals surface area contributed by atoms with Crippen LogP contribution < -0.4 is 11.2 Å². The number of hydrogen-bond donors (Lipinski definition) is 1. The molecule has 0 radical (unpaired) electrons. The van der Waals surface area contributed by atoms with Crippen LogP contribution in [0, 0.1) is 12.7 Å². The van der Waals surface area contributed by atoms with Gasteiger partial charge in [0, 0.05) is 11.8 Å². The van der Waals surface area contributed by atoms with Crippen molar-refractivity contribution in [3.8, 4) is 17.3 Å². The fourth-order valence-electron chi connectivity index (χ4n) is 2.87. The fraction of sp³-hybridized carbons (Fsp3) is 0.294. The first-order valence-electron chi connectivity index (χ1n) is 7.97. The second kappa shape index (κ2) is 6.62. The molecule has 2 heterocycles. The van der Waals surface area contributed by atoms with E-state index in [9.17, 15) is 9.18 Å². The van der Waals surface area contributed by atoms with Crippen LogP contribution in [0.25, 0.3) is 17.3 Å². The van der Waals surface area contributed by atoms with Gasteiger partial charge in [-0.05, 0) is 38.3 Å². The van der Waals surface area contributed by atoms with Crippen LogP contribution in [0.15, 0.2) is 39.6 Å². The van der Waals surface area contributed by atoms with Gasteiger partial charge in [0.1, 0.15) is 11.5 Å². The smallest absolute Gasteiger partial charge is 0.282 e. The van der Waals surface area contributed by atoms with Crippen molar-refractivity contribution in [1.82, 2.24) is 19.9 Å². The first-order chi connectivity index (χ1) is 12.0. The lowest BCUT2D eigenvalue weighted by Crippen LogP contribution is -2.44. The summed E-state index contributed by atoms with van der Waals surface area (Å²) in [7, 11) is 0. The van der Waals surface area contributed by atoms with Gasteiger partial charge in [-0.2, -0.15) is 10.1 Å². The largest absolute Gasteiger partial charge is 0.332 e. The Morgan fingerprint density at radius 3 is 2.69 bits per heavy atom. The van der Waals surface area contributed by atoms with Crippen LogP contribution >= 0.6 is 12.4 Å². The SMILES string of the molecule is Cc1cc(=O)c(-c2nc(C3(N)CCC3)no2)nn1-c1ccccc1F.Cl. The molecule has 0 unspecified atom stereocenters. The zero-order valence-corrected chi connectivity index (χ0v) is 14.8. The molecule has 9 heteroatoms. The van der Waals surface area contributed by atoms with E-state index in [0.717, 1.165) is 19.3 Å². The molecule has 4 rings (SSSR count).